The molecule has 0 fully saturated rings. The molecular weight excluding hydrogens is 400 g/mol. The van der Waals surface area contributed by atoms with Crippen LogP contribution in [0.5, 0.6) is 0 Å². The molecule has 0 N–H and O–H groups in total. The zero-order valence-electron chi connectivity index (χ0n) is 16.0. The van der Waals surface area contributed by atoms with Gasteiger partial charge >= 0.3 is 0 Å². The normalized spacial score (nSPS) is 11.4. The van der Waals surface area contributed by atoms with Gasteiger partial charge in [-0.25, -0.2) is 0 Å². The number of nitrogens with zero attached hydrogens (tertiary/aromatic N) is 4. The SMILES string of the molecule is CSc1ccc(Cc2nnc3sc(-c4ccc(-c5ccc(C)cc5)o4)nn23)cc1. The summed E-state index contributed by atoms with van der Waals surface area (Å²) in [5.41, 5.74) is 3.47. The van der Waals surface area contributed by atoms with E-state index >= 15 is 0 Å². The fourth-order valence-electron chi connectivity index (χ4n) is 3.12. The number of thioether (sulfide) groups is 1. The van der Waals surface area contributed by atoms with Gasteiger partial charge in [-0.3, -0.25) is 0 Å². The summed E-state index contributed by atoms with van der Waals surface area (Å²) in [7, 11) is 0. The van der Waals surface area contributed by atoms with Gasteiger partial charge in [0.1, 0.15) is 5.76 Å². The number of hydrogen-bond acceptors (Lipinski definition) is 6. The van der Waals surface area contributed by atoms with Crippen molar-refractivity contribution in [3.8, 4) is 22.1 Å². The summed E-state index contributed by atoms with van der Waals surface area (Å²) in [4.78, 5) is 2.02. The van der Waals surface area contributed by atoms with Gasteiger partial charge in [-0.05, 0) is 43.0 Å². The third-order valence-electron chi connectivity index (χ3n) is 4.73. The molecule has 0 bridgehead atoms. The molecule has 29 heavy (non-hydrogen) atoms. The molecule has 0 saturated heterocycles. The van der Waals surface area contributed by atoms with E-state index in [1.807, 2.05) is 16.6 Å². The molecule has 0 unspecified atom stereocenters. The largest absolute Gasteiger partial charge is 0.454 e. The Bertz CT molecular complexity index is 1270. The highest BCUT2D eigenvalue weighted by molar-refractivity contribution is 7.98. The Hall–Kier alpha value is -2.90. The van der Waals surface area contributed by atoms with Gasteiger partial charge in [0.25, 0.3) is 0 Å². The Morgan fingerprint density at radius 3 is 2.45 bits per heavy atom. The summed E-state index contributed by atoms with van der Waals surface area (Å²) in [6, 6.07) is 20.7. The summed E-state index contributed by atoms with van der Waals surface area (Å²) >= 11 is 3.22. The van der Waals surface area contributed by atoms with Crippen LogP contribution in [0.1, 0.15) is 17.0 Å². The first-order chi connectivity index (χ1) is 14.2. The van der Waals surface area contributed by atoms with Crippen molar-refractivity contribution in [3.63, 3.8) is 0 Å². The third kappa shape index (κ3) is 3.59. The van der Waals surface area contributed by atoms with E-state index in [0.29, 0.717) is 6.42 Å². The van der Waals surface area contributed by atoms with Gasteiger partial charge in [0.2, 0.25) is 4.96 Å². The average molecular weight is 419 g/mol. The lowest BCUT2D eigenvalue weighted by atomic mass is 10.1. The molecule has 0 aliphatic heterocycles. The summed E-state index contributed by atoms with van der Waals surface area (Å²) in [6.07, 6.45) is 2.76. The molecule has 0 aliphatic rings. The van der Waals surface area contributed by atoms with Crippen LogP contribution in [0.25, 0.3) is 27.1 Å². The molecule has 0 amide bonds. The summed E-state index contributed by atoms with van der Waals surface area (Å²) in [5.74, 6) is 2.40. The lowest BCUT2D eigenvalue weighted by molar-refractivity contribution is 0.595. The topological polar surface area (TPSA) is 56.2 Å². The molecule has 0 saturated carbocycles. The van der Waals surface area contributed by atoms with Crippen molar-refractivity contribution in [1.82, 2.24) is 19.8 Å². The second kappa shape index (κ2) is 7.50. The van der Waals surface area contributed by atoms with Crippen LogP contribution in [0, 0.1) is 6.92 Å². The predicted molar refractivity (Wildman–Crippen MR) is 118 cm³/mol. The fraction of sp³-hybridized carbons (Fsp3) is 0.136. The third-order valence-corrected chi connectivity index (χ3v) is 6.39. The molecule has 0 spiro atoms. The van der Waals surface area contributed by atoms with E-state index in [4.69, 9.17) is 9.52 Å². The molecule has 144 valence electrons. The van der Waals surface area contributed by atoms with Gasteiger partial charge in [0.05, 0.1) is 0 Å². The standard InChI is InChI=1S/C22H18N4OS2/c1-14-3-7-16(8-4-14)18-11-12-19(27-18)21-25-26-20(23-24-22(26)29-21)13-15-5-9-17(28-2)10-6-15/h3-12H,13H2,1-2H3. The molecule has 0 aliphatic carbocycles. The zero-order chi connectivity index (χ0) is 19.8. The summed E-state index contributed by atoms with van der Waals surface area (Å²) in [6.45, 7) is 2.07. The van der Waals surface area contributed by atoms with Crippen molar-refractivity contribution in [3.05, 3.63) is 77.6 Å². The van der Waals surface area contributed by atoms with Gasteiger partial charge in [0.15, 0.2) is 16.6 Å². The Labute approximate surface area is 176 Å². The maximum atomic E-state index is 6.06. The summed E-state index contributed by atoms with van der Waals surface area (Å²) < 4.78 is 7.88. The van der Waals surface area contributed by atoms with Crippen molar-refractivity contribution >= 4 is 28.1 Å². The van der Waals surface area contributed by atoms with Crippen molar-refractivity contribution in [2.45, 2.75) is 18.2 Å². The van der Waals surface area contributed by atoms with Gasteiger partial charge in [-0.1, -0.05) is 53.3 Å². The molecule has 3 heterocycles. The minimum Gasteiger partial charge on any atom is -0.454 e. The molecule has 3 aromatic heterocycles. The highest BCUT2D eigenvalue weighted by Gasteiger charge is 2.16. The number of furan rings is 1. The maximum absolute atomic E-state index is 6.06. The molecule has 0 atom stereocenters. The second-order valence-corrected chi connectivity index (χ2v) is 8.61. The van der Waals surface area contributed by atoms with Gasteiger partial charge in [-0.15, -0.1) is 27.1 Å². The lowest BCUT2D eigenvalue weighted by Crippen LogP contribution is -1.97. The Morgan fingerprint density at radius 2 is 1.69 bits per heavy atom. The predicted octanol–water partition coefficient (Wildman–Crippen LogP) is 5.73. The van der Waals surface area contributed by atoms with E-state index in [1.165, 1.54) is 27.4 Å². The van der Waals surface area contributed by atoms with Crippen LogP contribution < -0.4 is 0 Å². The average Bonchev–Trinajstić information content (AvgIpc) is 3.46. The number of fused-ring (bicyclic) bond motifs is 1. The number of hydrogen-bond donors (Lipinski definition) is 0. The highest BCUT2D eigenvalue weighted by atomic mass is 32.2. The van der Waals surface area contributed by atoms with E-state index in [-0.39, 0.29) is 0 Å². The van der Waals surface area contributed by atoms with Crippen LogP contribution >= 0.6 is 23.1 Å². The minimum absolute atomic E-state index is 0.686. The molecule has 0 radical (unpaired) electrons. The lowest BCUT2D eigenvalue weighted by Gasteiger charge is -2.00. The molecular formula is C22H18N4OS2. The van der Waals surface area contributed by atoms with Crippen molar-refractivity contribution in [2.24, 2.45) is 0 Å². The monoisotopic (exact) mass is 418 g/mol. The van der Waals surface area contributed by atoms with E-state index in [9.17, 15) is 0 Å². The van der Waals surface area contributed by atoms with Crippen LogP contribution in [-0.4, -0.2) is 26.1 Å². The van der Waals surface area contributed by atoms with Crippen molar-refractivity contribution in [2.75, 3.05) is 6.26 Å². The number of rotatable bonds is 5. The second-order valence-electron chi connectivity index (χ2n) is 6.77. The van der Waals surface area contributed by atoms with Gasteiger partial charge < -0.3 is 4.42 Å². The summed E-state index contributed by atoms with van der Waals surface area (Å²) in [5, 5.41) is 14.1. The van der Waals surface area contributed by atoms with E-state index in [2.05, 4.69) is 71.9 Å². The van der Waals surface area contributed by atoms with Crippen LogP contribution in [0.15, 0.2) is 70.0 Å². The van der Waals surface area contributed by atoms with Gasteiger partial charge in [0, 0.05) is 16.9 Å². The minimum atomic E-state index is 0.686. The zero-order valence-corrected chi connectivity index (χ0v) is 17.6. The van der Waals surface area contributed by atoms with Crippen molar-refractivity contribution < 1.29 is 4.42 Å². The smallest absolute Gasteiger partial charge is 0.235 e. The van der Waals surface area contributed by atoms with Crippen LogP contribution in [0.2, 0.25) is 0 Å². The number of benzene rings is 2. The number of aromatic nitrogens is 4. The molecule has 5 nitrogen and oxygen atoms in total. The first-order valence-corrected chi connectivity index (χ1v) is 11.2. The van der Waals surface area contributed by atoms with E-state index < -0.39 is 0 Å². The first kappa shape index (κ1) is 18.1. The van der Waals surface area contributed by atoms with Crippen LogP contribution in [0.4, 0.5) is 0 Å². The molecule has 2 aromatic carbocycles. The van der Waals surface area contributed by atoms with E-state index in [0.717, 1.165) is 32.9 Å². The van der Waals surface area contributed by atoms with E-state index in [1.54, 1.807) is 11.8 Å². The Balaban J connectivity index is 1.43. The fourth-order valence-corrected chi connectivity index (χ4v) is 4.35. The molecule has 5 rings (SSSR count). The Kier molecular flexibility index (Phi) is 4.69. The van der Waals surface area contributed by atoms with Crippen LogP contribution in [0.3, 0.4) is 0 Å². The van der Waals surface area contributed by atoms with Crippen LogP contribution in [-0.2, 0) is 6.42 Å². The van der Waals surface area contributed by atoms with Crippen molar-refractivity contribution in [1.29, 1.82) is 0 Å². The quantitative estimate of drug-likeness (QED) is 0.341. The molecule has 5 aromatic rings. The van der Waals surface area contributed by atoms with Gasteiger partial charge in [-0.2, -0.15) is 4.52 Å². The highest BCUT2D eigenvalue weighted by Crippen LogP contribution is 2.31. The molecule has 7 heteroatoms. The Morgan fingerprint density at radius 1 is 0.931 bits per heavy atom. The first-order valence-electron chi connectivity index (χ1n) is 9.21. The maximum Gasteiger partial charge on any atom is 0.235 e. The number of aryl methyl sites for hydroxylation is 1.